The molecule has 0 aliphatic carbocycles. The average molecular weight is 342 g/mol. The molecule has 2 amide bonds. The quantitative estimate of drug-likeness (QED) is 0.869. The van der Waals surface area contributed by atoms with Crippen molar-refractivity contribution in [3.8, 4) is 5.75 Å². The van der Waals surface area contributed by atoms with E-state index in [1.54, 1.807) is 76.4 Å². The summed E-state index contributed by atoms with van der Waals surface area (Å²) in [6, 6.07) is 13.7. The Labute approximate surface area is 147 Å². The fourth-order valence-electron chi connectivity index (χ4n) is 2.05. The molecule has 132 valence electrons. The van der Waals surface area contributed by atoms with Crippen molar-refractivity contribution in [1.29, 1.82) is 0 Å². The van der Waals surface area contributed by atoms with E-state index < -0.39 is 11.7 Å². The maximum Gasteiger partial charge on any atom is 0.412 e. The van der Waals surface area contributed by atoms with Gasteiger partial charge in [-0.2, -0.15) is 0 Å². The standard InChI is InChI=1S/C19H22N2O4/c1-19(2,3)25-18(23)21-16-8-6-5-7-15(16)20-17(22)13-9-11-14(24-4)12-10-13/h5-12H,1-4H3,(H,20,22)(H,21,23). The lowest BCUT2D eigenvalue weighted by molar-refractivity contribution is 0.0635. The summed E-state index contributed by atoms with van der Waals surface area (Å²) in [4.78, 5) is 24.3. The number of carbonyl (C=O) groups is 2. The van der Waals surface area contributed by atoms with Crippen molar-refractivity contribution in [2.45, 2.75) is 26.4 Å². The van der Waals surface area contributed by atoms with Crippen molar-refractivity contribution in [3.63, 3.8) is 0 Å². The van der Waals surface area contributed by atoms with Crippen LogP contribution in [0.15, 0.2) is 48.5 Å². The van der Waals surface area contributed by atoms with E-state index in [2.05, 4.69) is 10.6 Å². The first-order valence-corrected chi connectivity index (χ1v) is 7.83. The fourth-order valence-corrected chi connectivity index (χ4v) is 2.05. The Morgan fingerprint density at radius 2 is 1.44 bits per heavy atom. The number of methoxy groups -OCH3 is 1. The number of carbonyl (C=O) groups excluding carboxylic acids is 2. The van der Waals surface area contributed by atoms with E-state index in [9.17, 15) is 9.59 Å². The molecule has 0 spiro atoms. The maximum absolute atomic E-state index is 12.4. The first kappa shape index (κ1) is 18.3. The number of ether oxygens (including phenoxy) is 2. The molecule has 0 aromatic heterocycles. The van der Waals surface area contributed by atoms with Gasteiger partial charge in [0.25, 0.3) is 5.91 Å². The molecule has 6 nitrogen and oxygen atoms in total. The van der Waals surface area contributed by atoms with E-state index in [0.717, 1.165) is 0 Å². The smallest absolute Gasteiger partial charge is 0.412 e. The third-order valence-corrected chi connectivity index (χ3v) is 3.16. The van der Waals surface area contributed by atoms with Crippen molar-refractivity contribution < 1.29 is 19.1 Å². The number of anilines is 2. The molecule has 0 atom stereocenters. The molecule has 2 rings (SSSR count). The summed E-state index contributed by atoms with van der Waals surface area (Å²) < 4.78 is 10.3. The lowest BCUT2D eigenvalue weighted by Gasteiger charge is -2.20. The molecule has 0 bridgehead atoms. The molecular formula is C19H22N2O4. The van der Waals surface area contributed by atoms with Gasteiger partial charge in [0.2, 0.25) is 0 Å². The van der Waals surface area contributed by atoms with Crippen LogP contribution in [0.25, 0.3) is 0 Å². The van der Waals surface area contributed by atoms with Crippen molar-refractivity contribution in [1.82, 2.24) is 0 Å². The van der Waals surface area contributed by atoms with E-state index in [1.165, 1.54) is 0 Å². The zero-order valence-corrected chi connectivity index (χ0v) is 14.8. The predicted molar refractivity (Wildman–Crippen MR) is 97.2 cm³/mol. The molecule has 0 saturated carbocycles. The third-order valence-electron chi connectivity index (χ3n) is 3.16. The fraction of sp³-hybridized carbons (Fsp3) is 0.263. The molecule has 0 aliphatic rings. The number of hydrogen-bond acceptors (Lipinski definition) is 4. The number of rotatable bonds is 4. The van der Waals surface area contributed by atoms with Crippen LogP contribution in [-0.2, 0) is 4.74 Å². The molecule has 0 fully saturated rings. The lowest BCUT2D eigenvalue weighted by Crippen LogP contribution is -2.27. The van der Waals surface area contributed by atoms with Gasteiger partial charge in [0.1, 0.15) is 11.4 Å². The Hall–Kier alpha value is -3.02. The summed E-state index contributed by atoms with van der Waals surface area (Å²) in [7, 11) is 1.56. The minimum absolute atomic E-state index is 0.291. The highest BCUT2D eigenvalue weighted by Crippen LogP contribution is 2.23. The van der Waals surface area contributed by atoms with Crippen LogP contribution >= 0.6 is 0 Å². The minimum Gasteiger partial charge on any atom is -0.497 e. The van der Waals surface area contributed by atoms with E-state index in [1.807, 2.05) is 0 Å². The Kier molecular flexibility index (Phi) is 5.64. The molecule has 0 radical (unpaired) electrons. The number of amides is 2. The van der Waals surface area contributed by atoms with Gasteiger partial charge < -0.3 is 14.8 Å². The SMILES string of the molecule is COc1ccc(C(=O)Nc2ccccc2NC(=O)OC(C)(C)C)cc1. The normalized spacial score (nSPS) is 10.7. The monoisotopic (exact) mass is 342 g/mol. The van der Waals surface area contributed by atoms with Crippen LogP contribution in [-0.4, -0.2) is 24.7 Å². The highest BCUT2D eigenvalue weighted by molar-refractivity contribution is 6.06. The summed E-state index contributed by atoms with van der Waals surface area (Å²) in [6.45, 7) is 5.35. The first-order chi connectivity index (χ1) is 11.8. The van der Waals surface area contributed by atoms with Crippen molar-refractivity contribution >= 4 is 23.4 Å². The summed E-state index contributed by atoms with van der Waals surface area (Å²) in [5.74, 6) is 0.379. The summed E-state index contributed by atoms with van der Waals surface area (Å²) in [5, 5.41) is 5.43. The second-order valence-electron chi connectivity index (χ2n) is 6.36. The number of benzene rings is 2. The first-order valence-electron chi connectivity index (χ1n) is 7.83. The zero-order chi connectivity index (χ0) is 18.4. The van der Waals surface area contributed by atoms with Crippen LogP contribution < -0.4 is 15.4 Å². The predicted octanol–water partition coefficient (Wildman–Crippen LogP) is 4.29. The summed E-state index contributed by atoms with van der Waals surface area (Å²) in [6.07, 6.45) is -0.585. The Morgan fingerprint density at radius 3 is 1.96 bits per heavy atom. The second-order valence-corrected chi connectivity index (χ2v) is 6.36. The molecule has 0 saturated heterocycles. The van der Waals surface area contributed by atoms with Gasteiger partial charge in [0.15, 0.2) is 0 Å². The van der Waals surface area contributed by atoms with Crippen LogP contribution in [0.1, 0.15) is 31.1 Å². The highest BCUT2D eigenvalue weighted by atomic mass is 16.6. The van der Waals surface area contributed by atoms with E-state index in [0.29, 0.717) is 22.7 Å². The molecule has 0 unspecified atom stereocenters. The minimum atomic E-state index is -0.606. The highest BCUT2D eigenvalue weighted by Gasteiger charge is 2.17. The van der Waals surface area contributed by atoms with E-state index in [4.69, 9.17) is 9.47 Å². The molecule has 0 aliphatic heterocycles. The largest absolute Gasteiger partial charge is 0.497 e. The topological polar surface area (TPSA) is 76.7 Å². The summed E-state index contributed by atoms with van der Waals surface area (Å²) >= 11 is 0. The Balaban J connectivity index is 2.11. The van der Waals surface area contributed by atoms with Crippen LogP contribution in [0.5, 0.6) is 5.75 Å². The van der Waals surface area contributed by atoms with E-state index >= 15 is 0 Å². The van der Waals surface area contributed by atoms with Gasteiger partial charge in [0, 0.05) is 5.56 Å². The van der Waals surface area contributed by atoms with Crippen LogP contribution in [0.2, 0.25) is 0 Å². The molecule has 2 aromatic rings. The molecule has 25 heavy (non-hydrogen) atoms. The van der Waals surface area contributed by atoms with E-state index in [-0.39, 0.29) is 5.91 Å². The number of para-hydroxylation sites is 2. The van der Waals surface area contributed by atoms with Gasteiger partial charge in [-0.1, -0.05) is 12.1 Å². The molecular weight excluding hydrogens is 320 g/mol. The Morgan fingerprint density at radius 1 is 0.880 bits per heavy atom. The molecule has 6 heteroatoms. The molecule has 2 aromatic carbocycles. The van der Waals surface area contributed by atoms with Gasteiger partial charge in [-0.15, -0.1) is 0 Å². The molecule has 0 heterocycles. The molecule has 2 N–H and O–H groups in total. The van der Waals surface area contributed by atoms with Gasteiger partial charge >= 0.3 is 6.09 Å². The van der Waals surface area contributed by atoms with Crippen molar-refractivity contribution in [2.24, 2.45) is 0 Å². The number of hydrogen-bond donors (Lipinski definition) is 2. The van der Waals surface area contributed by atoms with Gasteiger partial charge in [-0.3, -0.25) is 10.1 Å². The third kappa shape index (κ3) is 5.53. The van der Waals surface area contributed by atoms with Crippen molar-refractivity contribution in [2.75, 3.05) is 17.7 Å². The van der Waals surface area contributed by atoms with Crippen LogP contribution in [0, 0.1) is 0 Å². The van der Waals surface area contributed by atoms with Crippen LogP contribution in [0.3, 0.4) is 0 Å². The van der Waals surface area contributed by atoms with Crippen molar-refractivity contribution in [3.05, 3.63) is 54.1 Å². The Bertz CT molecular complexity index is 749. The van der Waals surface area contributed by atoms with Crippen LogP contribution in [0.4, 0.5) is 16.2 Å². The van der Waals surface area contributed by atoms with Gasteiger partial charge in [-0.05, 0) is 57.2 Å². The lowest BCUT2D eigenvalue weighted by atomic mass is 10.2. The number of nitrogens with one attached hydrogen (secondary N) is 2. The van der Waals surface area contributed by atoms with Gasteiger partial charge in [-0.25, -0.2) is 4.79 Å². The summed E-state index contributed by atoms with van der Waals surface area (Å²) in [5.41, 5.74) is 0.811. The maximum atomic E-state index is 12.4. The second kappa shape index (κ2) is 7.70. The van der Waals surface area contributed by atoms with Gasteiger partial charge in [0.05, 0.1) is 18.5 Å². The zero-order valence-electron chi connectivity index (χ0n) is 14.8. The average Bonchev–Trinajstić information content (AvgIpc) is 2.55.